The molecule has 2 aromatic rings. The summed E-state index contributed by atoms with van der Waals surface area (Å²) in [5.74, 6) is 0.132. The van der Waals surface area contributed by atoms with Crippen LogP contribution in [0.4, 0.5) is 0 Å². The highest BCUT2D eigenvalue weighted by Crippen LogP contribution is 2.23. The number of aromatic nitrogens is 2. The van der Waals surface area contributed by atoms with Crippen LogP contribution in [0.5, 0.6) is 0 Å². The summed E-state index contributed by atoms with van der Waals surface area (Å²) in [6, 6.07) is 5.34. The third kappa shape index (κ3) is 4.60. The van der Waals surface area contributed by atoms with Crippen LogP contribution in [0.1, 0.15) is 24.9 Å². The number of hydrogen-bond donors (Lipinski definition) is 0. The highest BCUT2D eigenvalue weighted by atomic mass is 79.9. The number of rotatable bonds is 5. The van der Waals surface area contributed by atoms with Crippen LogP contribution in [0.2, 0.25) is 10.0 Å². The SMILES string of the molecule is CCC(C(=O)N1CCN(Cc2ccc(Cl)cc2Cl)CC1)n1cc(Br)cn1. The van der Waals surface area contributed by atoms with Crippen LogP contribution in [0.25, 0.3) is 0 Å². The average Bonchev–Trinajstić information content (AvgIpc) is 3.04. The van der Waals surface area contributed by atoms with E-state index in [1.807, 2.05) is 30.2 Å². The van der Waals surface area contributed by atoms with Gasteiger partial charge in [0, 0.05) is 49.0 Å². The maximum Gasteiger partial charge on any atom is 0.247 e. The Balaban J connectivity index is 1.58. The van der Waals surface area contributed by atoms with Crippen molar-refractivity contribution in [2.75, 3.05) is 26.2 Å². The van der Waals surface area contributed by atoms with Gasteiger partial charge in [-0.25, -0.2) is 0 Å². The first kappa shape index (κ1) is 19.7. The molecule has 1 aliphatic rings. The summed E-state index contributed by atoms with van der Waals surface area (Å²) in [6.07, 6.45) is 4.28. The molecule has 1 fully saturated rings. The van der Waals surface area contributed by atoms with Crippen LogP contribution < -0.4 is 0 Å². The maximum absolute atomic E-state index is 12.9. The van der Waals surface area contributed by atoms with Gasteiger partial charge >= 0.3 is 0 Å². The van der Waals surface area contributed by atoms with Crippen molar-refractivity contribution in [2.24, 2.45) is 0 Å². The van der Waals surface area contributed by atoms with Crippen LogP contribution in [0, 0.1) is 0 Å². The van der Waals surface area contributed by atoms with E-state index >= 15 is 0 Å². The first-order chi connectivity index (χ1) is 12.5. The largest absolute Gasteiger partial charge is 0.338 e. The molecule has 140 valence electrons. The molecular formula is C18H21BrCl2N4O. The van der Waals surface area contributed by atoms with Gasteiger partial charge < -0.3 is 4.90 Å². The maximum atomic E-state index is 12.9. The molecule has 0 aliphatic carbocycles. The molecule has 8 heteroatoms. The number of hydrogen-bond acceptors (Lipinski definition) is 3. The minimum Gasteiger partial charge on any atom is -0.338 e. The molecule has 1 aliphatic heterocycles. The highest BCUT2D eigenvalue weighted by Gasteiger charge is 2.28. The molecule has 2 heterocycles. The van der Waals surface area contributed by atoms with E-state index in [2.05, 4.69) is 25.9 Å². The lowest BCUT2D eigenvalue weighted by molar-refractivity contribution is -0.137. The summed E-state index contributed by atoms with van der Waals surface area (Å²) in [7, 11) is 0. The molecule has 0 spiro atoms. The minimum atomic E-state index is -0.251. The van der Waals surface area contributed by atoms with Gasteiger partial charge in [0.2, 0.25) is 5.91 Å². The number of halogens is 3. The minimum absolute atomic E-state index is 0.132. The van der Waals surface area contributed by atoms with Crippen molar-refractivity contribution in [3.8, 4) is 0 Å². The number of benzene rings is 1. The van der Waals surface area contributed by atoms with E-state index in [4.69, 9.17) is 23.2 Å². The van der Waals surface area contributed by atoms with Gasteiger partial charge in [0.05, 0.1) is 10.7 Å². The van der Waals surface area contributed by atoms with Gasteiger partial charge in [0.25, 0.3) is 0 Å². The predicted octanol–water partition coefficient (Wildman–Crippen LogP) is 4.25. The Bertz CT molecular complexity index is 774. The van der Waals surface area contributed by atoms with Gasteiger partial charge in [-0.15, -0.1) is 0 Å². The van der Waals surface area contributed by atoms with Crippen LogP contribution in [-0.2, 0) is 11.3 Å². The topological polar surface area (TPSA) is 41.4 Å². The standard InChI is InChI=1S/C18H21BrCl2N4O/c1-2-17(25-12-14(19)10-22-25)18(26)24-7-5-23(6-8-24)11-13-3-4-15(20)9-16(13)21/h3-4,9-10,12,17H,2,5-8,11H2,1H3. The first-order valence-corrected chi connectivity index (χ1v) is 10.2. The number of piperazine rings is 1. The second kappa shape index (κ2) is 8.74. The van der Waals surface area contributed by atoms with Crippen LogP contribution in [0.15, 0.2) is 35.1 Å². The second-order valence-corrected chi connectivity index (χ2v) is 8.16. The normalized spacial score (nSPS) is 16.7. The molecule has 1 unspecified atom stereocenters. The zero-order chi connectivity index (χ0) is 18.7. The highest BCUT2D eigenvalue weighted by molar-refractivity contribution is 9.10. The van der Waals surface area contributed by atoms with Crippen molar-refractivity contribution in [2.45, 2.75) is 25.9 Å². The molecule has 1 saturated heterocycles. The van der Waals surface area contributed by atoms with E-state index in [1.54, 1.807) is 16.9 Å². The molecule has 26 heavy (non-hydrogen) atoms. The number of carbonyl (C=O) groups is 1. The summed E-state index contributed by atoms with van der Waals surface area (Å²) in [5, 5.41) is 5.61. The molecular weight excluding hydrogens is 439 g/mol. The zero-order valence-electron chi connectivity index (χ0n) is 14.5. The Morgan fingerprint density at radius 1 is 1.27 bits per heavy atom. The summed E-state index contributed by atoms with van der Waals surface area (Å²) in [6.45, 7) is 5.85. The molecule has 3 rings (SSSR count). The Hall–Kier alpha value is -1.08. The van der Waals surface area contributed by atoms with Gasteiger partial charge in [0.1, 0.15) is 6.04 Å². The molecule has 1 amide bonds. The Morgan fingerprint density at radius 2 is 2.00 bits per heavy atom. The van der Waals surface area contributed by atoms with E-state index in [0.717, 1.165) is 29.7 Å². The molecule has 1 atom stereocenters. The fourth-order valence-corrected chi connectivity index (χ4v) is 3.96. The van der Waals surface area contributed by atoms with Gasteiger partial charge in [-0.2, -0.15) is 5.10 Å². The summed E-state index contributed by atoms with van der Waals surface area (Å²) in [4.78, 5) is 17.1. The molecule has 5 nitrogen and oxygen atoms in total. The number of amides is 1. The molecule has 0 saturated carbocycles. The molecule has 1 aromatic heterocycles. The zero-order valence-corrected chi connectivity index (χ0v) is 17.6. The van der Waals surface area contributed by atoms with Gasteiger partial charge in [-0.1, -0.05) is 36.2 Å². The van der Waals surface area contributed by atoms with Crippen LogP contribution in [0.3, 0.4) is 0 Å². The van der Waals surface area contributed by atoms with Crippen LogP contribution >= 0.6 is 39.1 Å². The smallest absolute Gasteiger partial charge is 0.247 e. The average molecular weight is 460 g/mol. The molecule has 0 N–H and O–H groups in total. The number of carbonyl (C=O) groups excluding carboxylic acids is 1. The van der Waals surface area contributed by atoms with E-state index < -0.39 is 0 Å². The lowest BCUT2D eigenvalue weighted by Gasteiger charge is -2.36. The summed E-state index contributed by atoms with van der Waals surface area (Å²) in [5.41, 5.74) is 1.06. The Kier molecular flexibility index (Phi) is 6.61. The van der Waals surface area contributed by atoms with Gasteiger partial charge in [-0.3, -0.25) is 14.4 Å². The fraction of sp³-hybridized carbons (Fsp3) is 0.444. The van der Waals surface area contributed by atoms with Crippen molar-refractivity contribution in [1.29, 1.82) is 0 Å². The van der Waals surface area contributed by atoms with Crippen molar-refractivity contribution < 1.29 is 4.79 Å². The van der Waals surface area contributed by atoms with Gasteiger partial charge in [-0.05, 0) is 40.0 Å². The first-order valence-electron chi connectivity index (χ1n) is 8.62. The third-order valence-electron chi connectivity index (χ3n) is 4.65. The van der Waals surface area contributed by atoms with Crippen LogP contribution in [-0.4, -0.2) is 51.7 Å². The number of nitrogens with zero attached hydrogens (tertiary/aromatic N) is 4. The van der Waals surface area contributed by atoms with Crippen molar-refractivity contribution in [1.82, 2.24) is 19.6 Å². The Morgan fingerprint density at radius 3 is 2.58 bits per heavy atom. The molecule has 0 radical (unpaired) electrons. The van der Waals surface area contributed by atoms with E-state index in [-0.39, 0.29) is 11.9 Å². The van der Waals surface area contributed by atoms with E-state index in [0.29, 0.717) is 29.6 Å². The van der Waals surface area contributed by atoms with E-state index in [1.165, 1.54) is 0 Å². The van der Waals surface area contributed by atoms with E-state index in [9.17, 15) is 4.79 Å². The quantitative estimate of drug-likeness (QED) is 0.671. The van der Waals surface area contributed by atoms with Crippen molar-refractivity contribution in [3.63, 3.8) is 0 Å². The summed E-state index contributed by atoms with van der Waals surface area (Å²) < 4.78 is 2.63. The monoisotopic (exact) mass is 458 g/mol. The fourth-order valence-electron chi connectivity index (χ4n) is 3.19. The van der Waals surface area contributed by atoms with Crippen molar-refractivity contribution in [3.05, 3.63) is 50.7 Å². The third-order valence-corrected chi connectivity index (χ3v) is 5.65. The predicted molar refractivity (Wildman–Crippen MR) is 108 cm³/mol. The van der Waals surface area contributed by atoms with Crippen molar-refractivity contribution >= 4 is 45.0 Å². The molecule has 0 bridgehead atoms. The Labute approximate surface area is 172 Å². The lowest BCUT2D eigenvalue weighted by Crippen LogP contribution is -2.50. The summed E-state index contributed by atoms with van der Waals surface area (Å²) >= 11 is 15.6. The van der Waals surface area contributed by atoms with Gasteiger partial charge in [0.15, 0.2) is 0 Å². The second-order valence-electron chi connectivity index (χ2n) is 6.40. The lowest BCUT2D eigenvalue weighted by atomic mass is 10.1. The molecule has 1 aromatic carbocycles.